The maximum Gasteiger partial charge on any atom is 0.416 e. The molecule has 196 valence electrons. The second-order valence-electron chi connectivity index (χ2n) is 9.46. The van der Waals surface area contributed by atoms with Crippen LogP contribution in [0.25, 0.3) is 0 Å². The van der Waals surface area contributed by atoms with E-state index in [4.69, 9.17) is 0 Å². The van der Waals surface area contributed by atoms with Crippen molar-refractivity contribution in [3.63, 3.8) is 0 Å². The van der Waals surface area contributed by atoms with E-state index in [0.29, 0.717) is 37.8 Å². The third-order valence-corrected chi connectivity index (χ3v) is 6.71. The van der Waals surface area contributed by atoms with Crippen molar-refractivity contribution in [2.45, 2.75) is 63.5 Å². The molecule has 0 aromatic heterocycles. The Kier molecular flexibility index (Phi) is 8.54. The summed E-state index contributed by atoms with van der Waals surface area (Å²) >= 11 is 0. The van der Waals surface area contributed by atoms with Crippen molar-refractivity contribution in [2.24, 2.45) is 5.92 Å². The summed E-state index contributed by atoms with van der Waals surface area (Å²) in [5, 5.41) is 9.30. The van der Waals surface area contributed by atoms with Gasteiger partial charge in [0.1, 0.15) is 0 Å². The van der Waals surface area contributed by atoms with Crippen molar-refractivity contribution in [3.05, 3.63) is 82.9 Å². The smallest absolute Gasteiger partial charge is 0.416 e. The van der Waals surface area contributed by atoms with Gasteiger partial charge in [-0.25, -0.2) is 0 Å². The highest BCUT2D eigenvalue weighted by Gasteiger charge is 2.40. The lowest BCUT2D eigenvalue weighted by Crippen LogP contribution is -2.40. The SMILES string of the molecule is C=C(C)CCC(c1ccccc1C(F)(F)F)N1CCC(CC(=O)O)CC1c1ccc(C(F)(F)F)cc1. The fourth-order valence-electron chi connectivity index (χ4n) is 5.01. The van der Waals surface area contributed by atoms with Crippen LogP contribution in [0.4, 0.5) is 26.3 Å². The molecule has 36 heavy (non-hydrogen) atoms. The molecule has 1 aliphatic rings. The number of carbonyl (C=O) groups is 1. The third kappa shape index (κ3) is 6.90. The Balaban J connectivity index is 2.07. The van der Waals surface area contributed by atoms with Crippen LogP contribution in [-0.4, -0.2) is 22.5 Å². The largest absolute Gasteiger partial charge is 0.481 e. The zero-order valence-corrected chi connectivity index (χ0v) is 19.9. The van der Waals surface area contributed by atoms with Gasteiger partial charge in [0.15, 0.2) is 0 Å². The van der Waals surface area contributed by atoms with Crippen LogP contribution in [0.2, 0.25) is 0 Å². The number of alkyl halides is 6. The van der Waals surface area contributed by atoms with Gasteiger partial charge in [-0.3, -0.25) is 9.69 Å². The number of rotatable bonds is 8. The number of carboxylic acids is 1. The highest BCUT2D eigenvalue weighted by Crippen LogP contribution is 2.46. The maximum absolute atomic E-state index is 13.9. The van der Waals surface area contributed by atoms with Crippen molar-refractivity contribution < 1.29 is 36.2 Å². The average Bonchev–Trinajstić information content (AvgIpc) is 2.78. The molecule has 3 nitrogen and oxygen atoms in total. The summed E-state index contributed by atoms with van der Waals surface area (Å²) in [4.78, 5) is 13.3. The molecule has 0 spiro atoms. The molecular weight excluding hydrogens is 484 g/mol. The number of carboxylic acid groups (broad SMARTS) is 1. The van der Waals surface area contributed by atoms with Crippen LogP contribution in [-0.2, 0) is 17.1 Å². The Bertz CT molecular complexity index is 1060. The number of hydrogen-bond acceptors (Lipinski definition) is 2. The van der Waals surface area contributed by atoms with Crippen molar-refractivity contribution in [3.8, 4) is 0 Å². The molecule has 0 bridgehead atoms. The molecule has 1 aliphatic heterocycles. The van der Waals surface area contributed by atoms with Gasteiger partial charge in [-0.15, -0.1) is 6.58 Å². The van der Waals surface area contributed by atoms with E-state index in [1.54, 1.807) is 13.0 Å². The summed E-state index contributed by atoms with van der Waals surface area (Å²) < 4.78 is 81.3. The lowest BCUT2D eigenvalue weighted by atomic mass is 9.82. The molecule has 3 rings (SSSR count). The Hall–Kier alpha value is -2.81. The maximum atomic E-state index is 13.9. The van der Waals surface area contributed by atoms with E-state index in [2.05, 4.69) is 6.58 Å². The highest BCUT2D eigenvalue weighted by atomic mass is 19.4. The Morgan fingerprint density at radius 2 is 1.69 bits per heavy atom. The van der Waals surface area contributed by atoms with Crippen LogP contribution in [0.15, 0.2) is 60.7 Å². The van der Waals surface area contributed by atoms with E-state index < -0.39 is 41.5 Å². The quantitative estimate of drug-likeness (QED) is 0.287. The van der Waals surface area contributed by atoms with Gasteiger partial charge >= 0.3 is 18.3 Å². The second kappa shape index (κ2) is 11.1. The highest BCUT2D eigenvalue weighted by molar-refractivity contribution is 5.67. The van der Waals surface area contributed by atoms with E-state index in [1.165, 1.54) is 24.3 Å². The molecule has 2 aromatic rings. The van der Waals surface area contributed by atoms with E-state index >= 15 is 0 Å². The van der Waals surface area contributed by atoms with E-state index in [1.807, 2.05) is 4.90 Å². The first-order chi connectivity index (χ1) is 16.8. The van der Waals surface area contributed by atoms with Crippen molar-refractivity contribution >= 4 is 5.97 Å². The lowest BCUT2D eigenvalue weighted by molar-refractivity contribution is -0.140. The van der Waals surface area contributed by atoms with Gasteiger partial charge in [-0.2, -0.15) is 26.3 Å². The van der Waals surface area contributed by atoms with Gasteiger partial charge in [-0.1, -0.05) is 35.9 Å². The van der Waals surface area contributed by atoms with Gasteiger partial charge < -0.3 is 5.11 Å². The molecule has 0 radical (unpaired) electrons. The van der Waals surface area contributed by atoms with Crippen LogP contribution < -0.4 is 0 Å². The van der Waals surface area contributed by atoms with Crippen molar-refractivity contribution in [1.29, 1.82) is 0 Å². The number of likely N-dealkylation sites (tertiary alicyclic amines) is 1. The van der Waals surface area contributed by atoms with Gasteiger partial charge in [0.25, 0.3) is 0 Å². The molecule has 1 fully saturated rings. The van der Waals surface area contributed by atoms with E-state index in [0.717, 1.165) is 23.8 Å². The molecule has 0 aliphatic carbocycles. The molecule has 1 saturated heterocycles. The minimum atomic E-state index is -4.58. The van der Waals surface area contributed by atoms with E-state index in [9.17, 15) is 36.2 Å². The predicted octanol–water partition coefficient (Wildman–Crippen LogP) is 8.05. The summed E-state index contributed by atoms with van der Waals surface area (Å²) in [6.45, 7) is 5.99. The molecule has 0 amide bonds. The number of allylic oxidation sites excluding steroid dienone is 1. The van der Waals surface area contributed by atoms with Crippen LogP contribution >= 0.6 is 0 Å². The van der Waals surface area contributed by atoms with Crippen molar-refractivity contribution in [1.82, 2.24) is 4.90 Å². The zero-order chi connectivity index (χ0) is 26.7. The first-order valence-corrected chi connectivity index (χ1v) is 11.7. The molecule has 0 saturated carbocycles. The van der Waals surface area contributed by atoms with Crippen LogP contribution in [0.5, 0.6) is 0 Å². The Labute approximate surface area is 206 Å². The summed E-state index contributed by atoms with van der Waals surface area (Å²) in [5.41, 5.74) is -0.161. The van der Waals surface area contributed by atoms with Crippen LogP contribution in [0.1, 0.15) is 73.4 Å². The molecule has 9 heteroatoms. The summed E-state index contributed by atoms with van der Waals surface area (Å²) in [5.74, 6) is -1.23. The summed E-state index contributed by atoms with van der Waals surface area (Å²) in [6, 6.07) is 8.73. The van der Waals surface area contributed by atoms with Crippen LogP contribution in [0, 0.1) is 5.92 Å². The van der Waals surface area contributed by atoms with Gasteiger partial charge in [0.2, 0.25) is 0 Å². The zero-order valence-electron chi connectivity index (χ0n) is 19.9. The number of hydrogen-bond donors (Lipinski definition) is 1. The Morgan fingerprint density at radius 3 is 2.25 bits per heavy atom. The molecule has 1 heterocycles. The van der Waals surface area contributed by atoms with Crippen LogP contribution in [0.3, 0.4) is 0 Å². The number of benzene rings is 2. The molecule has 3 atom stereocenters. The second-order valence-corrected chi connectivity index (χ2v) is 9.46. The van der Waals surface area contributed by atoms with Gasteiger partial charge in [0.05, 0.1) is 11.1 Å². The van der Waals surface area contributed by atoms with Gasteiger partial charge in [0, 0.05) is 18.5 Å². The first-order valence-electron chi connectivity index (χ1n) is 11.7. The average molecular weight is 514 g/mol. The molecule has 2 aromatic carbocycles. The number of halogens is 6. The first kappa shape index (κ1) is 27.8. The molecule has 1 N–H and O–H groups in total. The normalized spacial score (nSPS) is 20.2. The minimum Gasteiger partial charge on any atom is -0.481 e. The van der Waals surface area contributed by atoms with Crippen molar-refractivity contribution in [2.75, 3.05) is 6.54 Å². The molecular formula is C27H29F6NO2. The van der Waals surface area contributed by atoms with E-state index in [-0.39, 0.29) is 17.9 Å². The van der Waals surface area contributed by atoms with Gasteiger partial charge in [-0.05, 0) is 74.4 Å². The monoisotopic (exact) mass is 513 g/mol. The standard InChI is InChI=1S/C27H29F6NO2/c1-17(2)7-12-23(21-5-3-4-6-22(21)27(31,32)33)34-14-13-18(16-25(35)36)15-24(34)19-8-10-20(11-9-19)26(28,29)30/h3-6,8-11,18,23-24H,1,7,12-16H2,2H3,(H,35,36). The number of aliphatic carboxylic acids is 1. The summed E-state index contributed by atoms with van der Waals surface area (Å²) in [6.07, 6.45) is -7.64. The minimum absolute atomic E-state index is 0.0971. The Morgan fingerprint density at radius 1 is 1.06 bits per heavy atom. The number of piperidine rings is 1. The third-order valence-electron chi connectivity index (χ3n) is 6.71. The summed E-state index contributed by atoms with van der Waals surface area (Å²) in [7, 11) is 0. The lowest BCUT2D eigenvalue weighted by Gasteiger charge is -2.45. The fraction of sp³-hybridized carbons (Fsp3) is 0.444. The molecule has 3 unspecified atom stereocenters. The topological polar surface area (TPSA) is 40.5 Å². The number of nitrogens with zero attached hydrogens (tertiary/aromatic N) is 1. The predicted molar refractivity (Wildman–Crippen MR) is 124 cm³/mol. The fourth-order valence-corrected chi connectivity index (χ4v) is 5.01.